The molecule has 0 saturated heterocycles. The van der Waals surface area contributed by atoms with Gasteiger partial charge in [0, 0.05) is 11.2 Å². The van der Waals surface area contributed by atoms with Crippen molar-refractivity contribution in [3.63, 3.8) is 0 Å². The SMILES string of the molecule is O=C(NCc1ccccn1)C1(c2cccc(Cl)c2)CCCCC1. The molecule has 2 aromatic rings. The van der Waals surface area contributed by atoms with Gasteiger partial charge in [0.25, 0.3) is 0 Å². The van der Waals surface area contributed by atoms with Gasteiger partial charge in [0.05, 0.1) is 17.7 Å². The Balaban J connectivity index is 1.82. The second-order valence-electron chi connectivity index (χ2n) is 6.16. The fraction of sp³-hybridized carbons (Fsp3) is 0.368. The molecule has 0 spiro atoms. The molecule has 0 radical (unpaired) electrons. The number of pyridine rings is 1. The van der Waals surface area contributed by atoms with Crippen LogP contribution in [0.2, 0.25) is 5.02 Å². The van der Waals surface area contributed by atoms with Crippen LogP contribution in [0.3, 0.4) is 0 Å². The van der Waals surface area contributed by atoms with Crippen LogP contribution >= 0.6 is 11.6 Å². The number of amides is 1. The first-order valence-corrected chi connectivity index (χ1v) is 8.53. The Bertz CT molecular complexity index is 666. The maximum Gasteiger partial charge on any atom is 0.230 e. The Kier molecular flexibility index (Phi) is 4.97. The van der Waals surface area contributed by atoms with Crippen LogP contribution in [0.15, 0.2) is 48.7 Å². The van der Waals surface area contributed by atoms with E-state index >= 15 is 0 Å². The fourth-order valence-electron chi connectivity index (χ4n) is 3.43. The van der Waals surface area contributed by atoms with Crippen LogP contribution in [0.25, 0.3) is 0 Å². The maximum absolute atomic E-state index is 13.0. The van der Waals surface area contributed by atoms with Crippen LogP contribution in [0.5, 0.6) is 0 Å². The van der Waals surface area contributed by atoms with Gasteiger partial charge in [-0.3, -0.25) is 9.78 Å². The standard InChI is InChI=1S/C19H21ClN2O/c20-16-8-6-7-15(13-16)19(10-3-1-4-11-19)18(23)22-14-17-9-2-5-12-21-17/h2,5-9,12-13H,1,3-4,10-11,14H2,(H,22,23). The topological polar surface area (TPSA) is 42.0 Å². The van der Waals surface area contributed by atoms with E-state index < -0.39 is 5.41 Å². The average Bonchev–Trinajstić information content (AvgIpc) is 2.61. The summed E-state index contributed by atoms with van der Waals surface area (Å²) >= 11 is 6.16. The van der Waals surface area contributed by atoms with Crippen LogP contribution in [0.4, 0.5) is 0 Å². The van der Waals surface area contributed by atoms with Crippen LogP contribution in [-0.4, -0.2) is 10.9 Å². The monoisotopic (exact) mass is 328 g/mol. The minimum absolute atomic E-state index is 0.0881. The average molecular weight is 329 g/mol. The molecular weight excluding hydrogens is 308 g/mol. The first kappa shape index (κ1) is 16.0. The van der Waals surface area contributed by atoms with Gasteiger partial charge in [-0.25, -0.2) is 0 Å². The summed E-state index contributed by atoms with van der Waals surface area (Å²) in [5, 5.41) is 3.77. The molecule has 1 fully saturated rings. The van der Waals surface area contributed by atoms with Crippen LogP contribution in [0.1, 0.15) is 43.4 Å². The largest absolute Gasteiger partial charge is 0.350 e. The molecule has 0 unspecified atom stereocenters. The number of aromatic nitrogens is 1. The number of hydrogen-bond acceptors (Lipinski definition) is 2. The molecule has 23 heavy (non-hydrogen) atoms. The van der Waals surface area contributed by atoms with Crippen molar-refractivity contribution in [2.45, 2.75) is 44.1 Å². The van der Waals surface area contributed by atoms with Crippen LogP contribution in [0, 0.1) is 0 Å². The van der Waals surface area contributed by atoms with E-state index in [1.807, 2.05) is 42.5 Å². The highest BCUT2D eigenvalue weighted by Gasteiger charge is 2.41. The number of halogens is 1. The zero-order valence-electron chi connectivity index (χ0n) is 13.1. The lowest BCUT2D eigenvalue weighted by atomic mass is 9.68. The summed E-state index contributed by atoms with van der Waals surface area (Å²) in [6.45, 7) is 0.460. The van der Waals surface area contributed by atoms with E-state index in [4.69, 9.17) is 11.6 Å². The summed E-state index contributed by atoms with van der Waals surface area (Å²) < 4.78 is 0. The lowest BCUT2D eigenvalue weighted by molar-refractivity contribution is -0.128. The van der Waals surface area contributed by atoms with E-state index in [0.29, 0.717) is 11.6 Å². The van der Waals surface area contributed by atoms with Crippen molar-refractivity contribution >= 4 is 17.5 Å². The molecule has 1 heterocycles. The van der Waals surface area contributed by atoms with Gasteiger partial charge in [-0.1, -0.05) is 49.1 Å². The smallest absolute Gasteiger partial charge is 0.230 e. The summed E-state index contributed by atoms with van der Waals surface area (Å²) in [5.41, 5.74) is 1.44. The van der Waals surface area contributed by atoms with E-state index in [0.717, 1.165) is 36.9 Å². The Morgan fingerprint density at radius 2 is 1.96 bits per heavy atom. The summed E-state index contributed by atoms with van der Waals surface area (Å²) in [7, 11) is 0. The van der Waals surface area contributed by atoms with Crippen molar-refractivity contribution in [3.8, 4) is 0 Å². The molecule has 0 aliphatic heterocycles. The van der Waals surface area contributed by atoms with Gasteiger partial charge >= 0.3 is 0 Å². The summed E-state index contributed by atoms with van der Waals surface area (Å²) in [6, 6.07) is 13.5. The maximum atomic E-state index is 13.0. The molecule has 1 aromatic heterocycles. The Morgan fingerprint density at radius 1 is 1.13 bits per heavy atom. The number of hydrogen-bond donors (Lipinski definition) is 1. The summed E-state index contributed by atoms with van der Waals surface area (Å²) in [6.07, 6.45) is 6.83. The van der Waals surface area contributed by atoms with Gasteiger partial charge in [0.1, 0.15) is 0 Å². The number of carbonyl (C=O) groups is 1. The lowest BCUT2D eigenvalue weighted by Gasteiger charge is -2.36. The second-order valence-corrected chi connectivity index (χ2v) is 6.59. The molecule has 1 aliphatic rings. The predicted molar refractivity (Wildman–Crippen MR) is 92.3 cm³/mol. The van der Waals surface area contributed by atoms with Crippen LogP contribution in [-0.2, 0) is 16.8 Å². The molecule has 4 heteroatoms. The molecular formula is C19H21ClN2O. The number of carbonyl (C=O) groups excluding carboxylic acids is 1. The molecule has 0 bridgehead atoms. The van der Waals surface area contributed by atoms with E-state index in [-0.39, 0.29) is 5.91 Å². The zero-order chi connectivity index (χ0) is 16.1. The third-order valence-corrected chi connectivity index (χ3v) is 4.91. The molecule has 1 amide bonds. The highest BCUT2D eigenvalue weighted by molar-refractivity contribution is 6.30. The van der Waals surface area contributed by atoms with Crippen molar-refractivity contribution in [1.29, 1.82) is 0 Å². The lowest BCUT2D eigenvalue weighted by Crippen LogP contribution is -2.45. The number of nitrogens with one attached hydrogen (secondary N) is 1. The highest BCUT2D eigenvalue weighted by Crippen LogP contribution is 2.40. The number of rotatable bonds is 4. The molecule has 1 saturated carbocycles. The van der Waals surface area contributed by atoms with Gasteiger partial charge in [-0.05, 0) is 42.7 Å². The molecule has 1 N–H and O–H groups in total. The zero-order valence-corrected chi connectivity index (χ0v) is 13.9. The van der Waals surface area contributed by atoms with E-state index in [2.05, 4.69) is 10.3 Å². The summed E-state index contributed by atoms with van der Waals surface area (Å²) in [4.78, 5) is 17.3. The number of benzene rings is 1. The Labute approximate surface area is 142 Å². The van der Waals surface area contributed by atoms with Crippen molar-refractivity contribution < 1.29 is 4.79 Å². The third-order valence-electron chi connectivity index (χ3n) is 4.68. The van der Waals surface area contributed by atoms with Gasteiger partial charge < -0.3 is 5.32 Å². The van der Waals surface area contributed by atoms with Crippen LogP contribution < -0.4 is 5.32 Å². The van der Waals surface area contributed by atoms with Gasteiger partial charge in [0.2, 0.25) is 5.91 Å². The van der Waals surface area contributed by atoms with Crippen molar-refractivity contribution in [3.05, 3.63) is 64.9 Å². The minimum atomic E-state index is -0.460. The van der Waals surface area contributed by atoms with E-state index in [1.165, 1.54) is 6.42 Å². The molecule has 1 aromatic carbocycles. The third kappa shape index (κ3) is 3.56. The van der Waals surface area contributed by atoms with Gasteiger partial charge in [0.15, 0.2) is 0 Å². The number of nitrogens with zero attached hydrogens (tertiary/aromatic N) is 1. The Morgan fingerprint density at radius 3 is 2.65 bits per heavy atom. The van der Waals surface area contributed by atoms with Gasteiger partial charge in [-0.2, -0.15) is 0 Å². The van der Waals surface area contributed by atoms with Gasteiger partial charge in [-0.15, -0.1) is 0 Å². The first-order valence-electron chi connectivity index (χ1n) is 8.15. The Hall–Kier alpha value is -1.87. The first-order chi connectivity index (χ1) is 11.2. The fourth-order valence-corrected chi connectivity index (χ4v) is 3.62. The quantitative estimate of drug-likeness (QED) is 0.911. The normalized spacial score (nSPS) is 16.7. The predicted octanol–water partition coefficient (Wildman–Crippen LogP) is 4.25. The van der Waals surface area contributed by atoms with Crippen molar-refractivity contribution in [2.75, 3.05) is 0 Å². The molecule has 120 valence electrons. The van der Waals surface area contributed by atoms with E-state index in [9.17, 15) is 4.79 Å². The molecule has 0 atom stereocenters. The second kappa shape index (κ2) is 7.14. The van der Waals surface area contributed by atoms with E-state index in [1.54, 1.807) is 6.20 Å². The molecule has 3 nitrogen and oxygen atoms in total. The van der Waals surface area contributed by atoms with Crippen molar-refractivity contribution in [1.82, 2.24) is 10.3 Å². The summed E-state index contributed by atoms with van der Waals surface area (Å²) in [5.74, 6) is 0.0881. The highest BCUT2D eigenvalue weighted by atomic mass is 35.5. The molecule has 1 aliphatic carbocycles. The van der Waals surface area contributed by atoms with Crippen molar-refractivity contribution in [2.24, 2.45) is 0 Å². The molecule has 3 rings (SSSR count). The minimum Gasteiger partial charge on any atom is -0.350 e.